The summed E-state index contributed by atoms with van der Waals surface area (Å²) in [5.41, 5.74) is 0. The molecule has 20 heavy (non-hydrogen) atoms. The molecule has 0 aliphatic carbocycles. The van der Waals surface area contributed by atoms with E-state index < -0.39 is 0 Å². The standard InChI is InChI=1S/C13H20N4O2S/c1-2-9-7-18-11(6-17(9)4-1)12-15-13(19-16-12)10-8-20-5-3-14-10/h9-11,14H,1-8H2. The highest BCUT2D eigenvalue weighted by molar-refractivity contribution is 7.99. The minimum absolute atomic E-state index is 0.0295. The van der Waals surface area contributed by atoms with E-state index in [0.717, 1.165) is 31.2 Å². The fourth-order valence-corrected chi connectivity index (χ4v) is 4.14. The summed E-state index contributed by atoms with van der Waals surface area (Å²) in [5.74, 6) is 3.57. The lowest BCUT2D eigenvalue weighted by Gasteiger charge is -2.33. The van der Waals surface area contributed by atoms with Crippen LogP contribution in [-0.2, 0) is 4.74 Å². The molecule has 3 saturated heterocycles. The van der Waals surface area contributed by atoms with Crippen LogP contribution in [0.4, 0.5) is 0 Å². The molecule has 3 aliphatic rings. The largest absolute Gasteiger partial charge is 0.367 e. The Kier molecular flexibility index (Phi) is 3.68. The van der Waals surface area contributed by atoms with Crippen molar-refractivity contribution in [3.05, 3.63) is 11.7 Å². The first kappa shape index (κ1) is 13.1. The highest BCUT2D eigenvalue weighted by Gasteiger charge is 2.35. The third-order valence-electron chi connectivity index (χ3n) is 4.35. The van der Waals surface area contributed by atoms with E-state index in [2.05, 4.69) is 20.4 Å². The second-order valence-corrected chi connectivity index (χ2v) is 6.84. The maximum Gasteiger partial charge on any atom is 0.244 e. The first-order valence-corrected chi connectivity index (χ1v) is 8.56. The lowest BCUT2D eigenvalue weighted by atomic mass is 10.2. The van der Waals surface area contributed by atoms with Crippen LogP contribution in [0.1, 0.15) is 36.7 Å². The van der Waals surface area contributed by atoms with Crippen molar-refractivity contribution in [2.75, 3.05) is 37.7 Å². The van der Waals surface area contributed by atoms with Crippen LogP contribution < -0.4 is 5.32 Å². The Labute approximate surface area is 122 Å². The zero-order chi connectivity index (χ0) is 13.4. The summed E-state index contributed by atoms with van der Waals surface area (Å²) >= 11 is 1.93. The highest BCUT2D eigenvalue weighted by Crippen LogP contribution is 2.29. The third-order valence-corrected chi connectivity index (χ3v) is 5.42. The molecule has 4 rings (SSSR count). The summed E-state index contributed by atoms with van der Waals surface area (Å²) in [4.78, 5) is 7.07. The van der Waals surface area contributed by atoms with Crippen LogP contribution in [-0.4, -0.2) is 58.8 Å². The van der Waals surface area contributed by atoms with Crippen molar-refractivity contribution < 1.29 is 9.26 Å². The van der Waals surface area contributed by atoms with E-state index in [1.54, 1.807) is 0 Å². The predicted molar refractivity (Wildman–Crippen MR) is 75.7 cm³/mol. The van der Waals surface area contributed by atoms with E-state index in [9.17, 15) is 0 Å². The smallest absolute Gasteiger partial charge is 0.244 e. The van der Waals surface area contributed by atoms with Crippen LogP contribution in [0.15, 0.2) is 4.52 Å². The number of morpholine rings is 1. The number of hydrogen-bond acceptors (Lipinski definition) is 7. The van der Waals surface area contributed by atoms with Crippen molar-refractivity contribution in [1.29, 1.82) is 0 Å². The minimum Gasteiger partial charge on any atom is -0.367 e. The minimum atomic E-state index is -0.0295. The van der Waals surface area contributed by atoms with Gasteiger partial charge >= 0.3 is 0 Å². The molecule has 1 aromatic heterocycles. The number of nitrogens with zero attached hydrogens (tertiary/aromatic N) is 3. The molecular formula is C13H20N4O2S. The van der Waals surface area contributed by atoms with E-state index in [4.69, 9.17) is 9.26 Å². The van der Waals surface area contributed by atoms with Crippen molar-refractivity contribution in [2.45, 2.75) is 31.0 Å². The zero-order valence-electron chi connectivity index (χ0n) is 11.5. The lowest BCUT2D eigenvalue weighted by molar-refractivity contribution is -0.0548. The average Bonchev–Trinajstić information content (AvgIpc) is 3.16. The Bertz CT molecular complexity index is 463. The van der Waals surface area contributed by atoms with Gasteiger partial charge in [-0.3, -0.25) is 4.90 Å². The number of nitrogens with one attached hydrogen (secondary N) is 1. The SMILES string of the molecule is C1CC2COC(c3noc(C4CSCCN4)n3)CN2C1. The fraction of sp³-hybridized carbons (Fsp3) is 0.846. The van der Waals surface area contributed by atoms with Crippen LogP contribution in [0.25, 0.3) is 0 Å². The van der Waals surface area contributed by atoms with Gasteiger partial charge in [-0.15, -0.1) is 0 Å². The maximum atomic E-state index is 5.93. The van der Waals surface area contributed by atoms with Crippen LogP contribution in [0, 0.1) is 0 Å². The summed E-state index contributed by atoms with van der Waals surface area (Å²) in [7, 11) is 0. The number of thioether (sulfide) groups is 1. The first-order valence-electron chi connectivity index (χ1n) is 7.40. The summed E-state index contributed by atoms with van der Waals surface area (Å²) in [6.07, 6.45) is 2.51. The number of ether oxygens (including phenoxy) is 1. The van der Waals surface area contributed by atoms with Crippen molar-refractivity contribution in [3.63, 3.8) is 0 Å². The molecule has 0 aromatic carbocycles. The molecule has 4 heterocycles. The Morgan fingerprint density at radius 1 is 1.40 bits per heavy atom. The van der Waals surface area contributed by atoms with E-state index in [-0.39, 0.29) is 12.1 Å². The second kappa shape index (κ2) is 5.63. The van der Waals surface area contributed by atoms with Crippen molar-refractivity contribution in [3.8, 4) is 0 Å². The number of rotatable bonds is 2. The summed E-state index contributed by atoms with van der Waals surface area (Å²) in [5, 5.41) is 7.56. The molecule has 0 amide bonds. The fourth-order valence-electron chi connectivity index (χ4n) is 3.22. The second-order valence-electron chi connectivity index (χ2n) is 5.69. The zero-order valence-corrected chi connectivity index (χ0v) is 12.3. The van der Waals surface area contributed by atoms with Gasteiger partial charge in [0, 0.05) is 30.6 Å². The monoisotopic (exact) mass is 296 g/mol. The van der Waals surface area contributed by atoms with E-state index in [1.165, 1.54) is 19.4 Å². The molecule has 0 bridgehead atoms. The van der Waals surface area contributed by atoms with Crippen molar-refractivity contribution in [1.82, 2.24) is 20.4 Å². The molecule has 0 spiro atoms. The molecule has 110 valence electrons. The van der Waals surface area contributed by atoms with E-state index in [0.29, 0.717) is 17.8 Å². The van der Waals surface area contributed by atoms with Gasteiger partial charge in [0.1, 0.15) is 6.10 Å². The molecule has 6 nitrogen and oxygen atoms in total. The normalized spacial score (nSPS) is 35.1. The molecule has 3 fully saturated rings. The lowest BCUT2D eigenvalue weighted by Crippen LogP contribution is -2.42. The van der Waals surface area contributed by atoms with E-state index in [1.807, 2.05) is 11.8 Å². The van der Waals surface area contributed by atoms with Crippen molar-refractivity contribution >= 4 is 11.8 Å². The molecule has 1 N–H and O–H groups in total. The predicted octanol–water partition coefficient (Wildman–Crippen LogP) is 0.983. The molecule has 1 aromatic rings. The Hall–Kier alpha value is -0.630. The van der Waals surface area contributed by atoms with Gasteiger partial charge < -0.3 is 14.6 Å². The summed E-state index contributed by atoms with van der Waals surface area (Å²) < 4.78 is 11.4. The van der Waals surface area contributed by atoms with Crippen LogP contribution >= 0.6 is 11.8 Å². The number of fused-ring (bicyclic) bond motifs is 1. The number of aromatic nitrogens is 2. The van der Waals surface area contributed by atoms with Gasteiger partial charge in [0.15, 0.2) is 0 Å². The third kappa shape index (κ3) is 2.47. The van der Waals surface area contributed by atoms with Gasteiger partial charge in [0.25, 0.3) is 0 Å². The van der Waals surface area contributed by atoms with Crippen LogP contribution in [0.5, 0.6) is 0 Å². The molecule has 3 atom stereocenters. The van der Waals surface area contributed by atoms with Gasteiger partial charge in [0.2, 0.25) is 11.7 Å². The van der Waals surface area contributed by atoms with Gasteiger partial charge in [-0.25, -0.2) is 0 Å². The molecule has 3 aliphatic heterocycles. The number of hydrogen-bond donors (Lipinski definition) is 1. The average molecular weight is 296 g/mol. The van der Waals surface area contributed by atoms with Gasteiger partial charge in [-0.05, 0) is 19.4 Å². The van der Waals surface area contributed by atoms with Crippen molar-refractivity contribution in [2.24, 2.45) is 0 Å². The summed E-state index contributed by atoms with van der Waals surface area (Å²) in [6.45, 7) is 3.88. The first-order chi connectivity index (χ1) is 9.90. The molecular weight excluding hydrogens is 276 g/mol. The maximum absolute atomic E-state index is 5.93. The molecule has 7 heteroatoms. The van der Waals surface area contributed by atoms with Crippen LogP contribution in [0.3, 0.4) is 0 Å². The Morgan fingerprint density at radius 2 is 2.40 bits per heavy atom. The molecule has 0 saturated carbocycles. The summed E-state index contributed by atoms with van der Waals surface area (Å²) in [6, 6.07) is 0.798. The highest BCUT2D eigenvalue weighted by atomic mass is 32.2. The quantitative estimate of drug-likeness (QED) is 0.873. The Morgan fingerprint density at radius 3 is 3.30 bits per heavy atom. The van der Waals surface area contributed by atoms with Gasteiger partial charge in [0.05, 0.1) is 12.6 Å². The van der Waals surface area contributed by atoms with Gasteiger partial charge in [-0.2, -0.15) is 16.7 Å². The van der Waals surface area contributed by atoms with Gasteiger partial charge in [-0.1, -0.05) is 5.16 Å². The Balaban J connectivity index is 1.44. The van der Waals surface area contributed by atoms with Crippen LogP contribution in [0.2, 0.25) is 0 Å². The van der Waals surface area contributed by atoms with E-state index >= 15 is 0 Å². The molecule has 0 radical (unpaired) electrons. The topological polar surface area (TPSA) is 63.4 Å². The molecule has 3 unspecified atom stereocenters.